The first kappa shape index (κ1) is 15.4. The highest BCUT2D eigenvalue weighted by atomic mass is 32.2. The van der Waals surface area contributed by atoms with Crippen molar-refractivity contribution in [2.24, 2.45) is 9.98 Å². The molecule has 0 N–H and O–H groups in total. The number of rotatable bonds is 5. The highest BCUT2D eigenvalue weighted by Crippen LogP contribution is 2.15. The van der Waals surface area contributed by atoms with Gasteiger partial charge in [0.2, 0.25) is 0 Å². The Morgan fingerprint density at radius 1 is 0.900 bits per heavy atom. The van der Waals surface area contributed by atoms with Crippen LogP contribution in [0.25, 0.3) is 0 Å². The molecule has 6 nitrogen and oxygen atoms in total. The van der Waals surface area contributed by atoms with Crippen molar-refractivity contribution in [2.75, 3.05) is 24.6 Å². The van der Waals surface area contributed by atoms with Gasteiger partial charge in [-0.25, -0.2) is 9.98 Å². The Kier molecular flexibility index (Phi) is 6.38. The van der Waals surface area contributed by atoms with Gasteiger partial charge in [-0.2, -0.15) is 0 Å². The first-order valence-corrected chi connectivity index (χ1v) is 8.47. The van der Waals surface area contributed by atoms with E-state index in [-0.39, 0.29) is 11.9 Å². The molecule has 0 aliphatic carbocycles. The molecule has 0 spiro atoms. The first-order valence-electron chi connectivity index (χ1n) is 6.50. The summed E-state index contributed by atoms with van der Waals surface area (Å²) in [7, 11) is 0. The molecule has 110 valence electrons. The van der Waals surface area contributed by atoms with Gasteiger partial charge >= 0.3 is 11.9 Å². The van der Waals surface area contributed by atoms with Crippen molar-refractivity contribution < 1.29 is 19.1 Å². The highest BCUT2D eigenvalue weighted by Gasteiger charge is 2.15. The summed E-state index contributed by atoms with van der Waals surface area (Å²) < 4.78 is 10.1. The lowest BCUT2D eigenvalue weighted by Crippen LogP contribution is -2.10. The van der Waals surface area contributed by atoms with E-state index in [4.69, 9.17) is 9.47 Å². The van der Waals surface area contributed by atoms with Gasteiger partial charge in [0.05, 0.1) is 13.1 Å². The fourth-order valence-corrected chi connectivity index (χ4v) is 2.97. The Hall–Kier alpha value is -1.02. The molecule has 0 aromatic heterocycles. The van der Waals surface area contributed by atoms with Crippen molar-refractivity contribution in [1.29, 1.82) is 0 Å². The zero-order valence-electron chi connectivity index (χ0n) is 11.0. The molecule has 0 aromatic carbocycles. The largest absolute Gasteiger partial charge is 0.401 e. The van der Waals surface area contributed by atoms with Crippen molar-refractivity contribution in [3.63, 3.8) is 0 Å². The Balaban J connectivity index is 1.52. The standard InChI is InChI=1S/C12H16N2O4S2/c15-9(17-11-13-5-7-19-11)3-1-2-4-10(16)18-12-14-6-8-20-12/h1-8H2. The number of esters is 2. The number of unbranched alkanes of at least 4 members (excludes halogenated alkanes) is 1. The number of ether oxygens (including phenoxy) is 2. The van der Waals surface area contributed by atoms with Crippen LogP contribution in [0.3, 0.4) is 0 Å². The average Bonchev–Trinajstić information content (AvgIpc) is 3.08. The maximum Gasteiger partial charge on any atom is 0.312 e. The summed E-state index contributed by atoms with van der Waals surface area (Å²) in [6.45, 7) is 1.42. The van der Waals surface area contributed by atoms with Gasteiger partial charge in [-0.1, -0.05) is 23.5 Å². The smallest absolute Gasteiger partial charge is 0.312 e. The van der Waals surface area contributed by atoms with Crippen LogP contribution in [0.5, 0.6) is 0 Å². The molecule has 2 heterocycles. The van der Waals surface area contributed by atoms with Crippen LogP contribution >= 0.6 is 23.5 Å². The molecule has 0 atom stereocenters. The number of hydrogen-bond acceptors (Lipinski definition) is 8. The van der Waals surface area contributed by atoms with E-state index >= 15 is 0 Å². The maximum absolute atomic E-state index is 11.5. The van der Waals surface area contributed by atoms with Crippen LogP contribution in [-0.4, -0.2) is 47.0 Å². The Morgan fingerprint density at radius 2 is 1.35 bits per heavy atom. The minimum atomic E-state index is -0.290. The molecule has 0 fully saturated rings. The second kappa shape index (κ2) is 8.31. The third-order valence-corrected chi connectivity index (χ3v) is 4.22. The number of carbonyl (C=O) groups excluding carboxylic acids is 2. The van der Waals surface area contributed by atoms with E-state index in [1.807, 2.05) is 0 Å². The normalized spacial score (nSPS) is 17.6. The van der Waals surface area contributed by atoms with Crippen LogP contribution in [0.1, 0.15) is 25.7 Å². The molecule has 20 heavy (non-hydrogen) atoms. The lowest BCUT2D eigenvalue weighted by molar-refractivity contribution is -0.137. The lowest BCUT2D eigenvalue weighted by Gasteiger charge is -2.03. The topological polar surface area (TPSA) is 77.3 Å². The van der Waals surface area contributed by atoms with Gasteiger partial charge in [0.1, 0.15) is 0 Å². The van der Waals surface area contributed by atoms with Crippen LogP contribution in [-0.2, 0) is 19.1 Å². The monoisotopic (exact) mass is 316 g/mol. The van der Waals surface area contributed by atoms with Gasteiger partial charge in [0.15, 0.2) is 0 Å². The summed E-state index contributed by atoms with van der Waals surface area (Å²) in [6, 6.07) is 0. The summed E-state index contributed by atoms with van der Waals surface area (Å²) >= 11 is 2.90. The molecular weight excluding hydrogens is 300 g/mol. The van der Waals surface area contributed by atoms with Crippen molar-refractivity contribution in [2.45, 2.75) is 25.7 Å². The average molecular weight is 316 g/mol. The quantitative estimate of drug-likeness (QED) is 0.569. The fourth-order valence-electron chi connectivity index (χ4n) is 1.59. The Labute approximate surface area is 125 Å². The molecule has 0 saturated carbocycles. The minimum absolute atomic E-state index is 0.290. The highest BCUT2D eigenvalue weighted by molar-refractivity contribution is 8.14. The summed E-state index contributed by atoms with van der Waals surface area (Å²) in [5, 5.41) is 0.927. The predicted octanol–water partition coefficient (Wildman–Crippen LogP) is 1.84. The molecule has 2 rings (SSSR count). The van der Waals surface area contributed by atoms with E-state index in [9.17, 15) is 9.59 Å². The molecule has 0 amide bonds. The van der Waals surface area contributed by atoms with E-state index in [2.05, 4.69) is 9.98 Å². The van der Waals surface area contributed by atoms with Gasteiger partial charge in [-0.15, -0.1) is 0 Å². The SMILES string of the molecule is O=C(CCCCC(=O)OC1=NCCS1)OC1=NCCS1. The van der Waals surface area contributed by atoms with Gasteiger partial charge in [0.25, 0.3) is 10.5 Å². The van der Waals surface area contributed by atoms with Crippen LogP contribution in [0.4, 0.5) is 0 Å². The third kappa shape index (κ3) is 5.54. The van der Waals surface area contributed by atoms with E-state index in [0.29, 0.717) is 49.2 Å². The zero-order chi connectivity index (χ0) is 14.2. The molecule has 0 bridgehead atoms. The molecule has 8 heteroatoms. The minimum Gasteiger partial charge on any atom is -0.401 e. The molecule has 0 radical (unpaired) electrons. The van der Waals surface area contributed by atoms with Crippen LogP contribution in [0.15, 0.2) is 9.98 Å². The summed E-state index contributed by atoms with van der Waals surface area (Å²) in [5.74, 6) is 1.16. The van der Waals surface area contributed by atoms with Gasteiger partial charge in [0, 0.05) is 24.3 Å². The molecule has 0 unspecified atom stereocenters. The van der Waals surface area contributed by atoms with Crippen LogP contribution in [0.2, 0.25) is 0 Å². The molecule has 2 aliphatic heterocycles. The van der Waals surface area contributed by atoms with Crippen molar-refractivity contribution in [3.8, 4) is 0 Å². The Morgan fingerprint density at radius 3 is 1.70 bits per heavy atom. The molecule has 2 aliphatic rings. The van der Waals surface area contributed by atoms with E-state index < -0.39 is 0 Å². The second-order valence-electron chi connectivity index (χ2n) is 4.15. The van der Waals surface area contributed by atoms with Crippen LogP contribution in [0, 0.1) is 0 Å². The van der Waals surface area contributed by atoms with Crippen molar-refractivity contribution in [1.82, 2.24) is 0 Å². The van der Waals surface area contributed by atoms with Gasteiger partial charge in [-0.05, 0) is 12.8 Å². The Bertz CT molecular complexity index is 397. The van der Waals surface area contributed by atoms with Crippen molar-refractivity contribution >= 4 is 45.9 Å². The second-order valence-corrected chi connectivity index (χ2v) is 6.24. The summed E-state index contributed by atoms with van der Waals surface area (Å²) in [4.78, 5) is 31.0. The number of hydrogen-bond donors (Lipinski definition) is 0. The number of thioether (sulfide) groups is 2. The maximum atomic E-state index is 11.5. The summed E-state index contributed by atoms with van der Waals surface area (Å²) in [6.07, 6.45) is 1.79. The predicted molar refractivity (Wildman–Crippen MR) is 80.2 cm³/mol. The zero-order valence-corrected chi connectivity index (χ0v) is 12.6. The lowest BCUT2D eigenvalue weighted by atomic mass is 10.2. The third-order valence-electron chi connectivity index (χ3n) is 2.53. The summed E-state index contributed by atoms with van der Waals surface area (Å²) in [5.41, 5.74) is 0. The molecular formula is C12H16N2O4S2. The van der Waals surface area contributed by atoms with Crippen molar-refractivity contribution in [3.05, 3.63) is 0 Å². The van der Waals surface area contributed by atoms with E-state index in [1.165, 1.54) is 23.5 Å². The molecule has 0 aromatic rings. The van der Waals surface area contributed by atoms with Gasteiger partial charge < -0.3 is 9.47 Å². The number of aliphatic imine (C=N–C) groups is 2. The molecule has 0 saturated heterocycles. The van der Waals surface area contributed by atoms with Gasteiger partial charge in [-0.3, -0.25) is 9.59 Å². The van der Waals surface area contributed by atoms with E-state index in [0.717, 1.165) is 11.5 Å². The van der Waals surface area contributed by atoms with Crippen LogP contribution < -0.4 is 0 Å². The first-order chi connectivity index (χ1) is 9.74. The number of carbonyl (C=O) groups is 2. The van der Waals surface area contributed by atoms with E-state index in [1.54, 1.807) is 0 Å². The number of nitrogens with zero attached hydrogens (tertiary/aromatic N) is 2. The fraction of sp³-hybridized carbons (Fsp3) is 0.667.